The molecule has 6 nitrogen and oxygen atoms in total. The highest BCUT2D eigenvalue weighted by atomic mass is 15.3. The summed E-state index contributed by atoms with van der Waals surface area (Å²) < 4.78 is 3.92. The minimum Gasteiger partial charge on any atom is -0.318 e. The molecule has 96 valence electrons. The Morgan fingerprint density at radius 2 is 2.28 bits per heavy atom. The third-order valence-electron chi connectivity index (χ3n) is 3.59. The van der Waals surface area contributed by atoms with E-state index < -0.39 is 0 Å². The van der Waals surface area contributed by atoms with Crippen LogP contribution in [0.5, 0.6) is 0 Å². The highest BCUT2D eigenvalue weighted by Crippen LogP contribution is 2.24. The molecule has 2 N–H and O–H groups in total. The summed E-state index contributed by atoms with van der Waals surface area (Å²) in [5.41, 5.74) is 7.23. The van der Waals surface area contributed by atoms with E-state index in [0.29, 0.717) is 5.92 Å². The van der Waals surface area contributed by atoms with E-state index in [1.807, 2.05) is 13.2 Å². The van der Waals surface area contributed by atoms with Crippen LogP contribution < -0.4 is 5.73 Å². The lowest BCUT2D eigenvalue weighted by Gasteiger charge is -2.21. The van der Waals surface area contributed by atoms with E-state index in [4.69, 9.17) is 5.73 Å². The summed E-state index contributed by atoms with van der Waals surface area (Å²) in [5, 5.41) is 12.7. The van der Waals surface area contributed by atoms with Gasteiger partial charge in [0.2, 0.25) is 0 Å². The summed E-state index contributed by atoms with van der Waals surface area (Å²) in [6, 6.07) is -0.242. The van der Waals surface area contributed by atoms with Gasteiger partial charge in [0.05, 0.1) is 12.2 Å². The maximum absolute atomic E-state index is 6.26. The van der Waals surface area contributed by atoms with Gasteiger partial charge in [-0.2, -0.15) is 5.10 Å². The minimum absolute atomic E-state index is 0.242. The highest BCUT2D eigenvalue weighted by molar-refractivity contribution is 5.19. The lowest BCUT2D eigenvalue weighted by Crippen LogP contribution is -2.23. The van der Waals surface area contributed by atoms with Crippen LogP contribution >= 0.6 is 0 Å². The molecular weight excluding hydrogens is 228 g/mol. The van der Waals surface area contributed by atoms with Gasteiger partial charge in [-0.1, -0.05) is 6.92 Å². The largest absolute Gasteiger partial charge is 0.318 e. The van der Waals surface area contributed by atoms with E-state index in [1.54, 1.807) is 10.9 Å². The highest BCUT2D eigenvalue weighted by Gasteiger charge is 2.24. The van der Waals surface area contributed by atoms with Crippen LogP contribution in [0, 0.1) is 5.92 Å². The van der Waals surface area contributed by atoms with Gasteiger partial charge in [0.15, 0.2) is 5.82 Å². The number of nitrogens with two attached hydrogens (primary N) is 1. The normalized spacial score (nSPS) is 20.7. The fourth-order valence-corrected chi connectivity index (χ4v) is 2.49. The van der Waals surface area contributed by atoms with Crippen LogP contribution in [-0.4, -0.2) is 24.5 Å². The van der Waals surface area contributed by atoms with E-state index >= 15 is 0 Å². The molecule has 0 radical (unpaired) electrons. The molecule has 1 aliphatic heterocycles. The number of hydrogen-bond acceptors (Lipinski definition) is 4. The number of fused-ring (bicyclic) bond motifs is 1. The standard InChI is InChI=1S/C12H18N6/c1-8-3-4-18-10(5-8)15-16-12(18)11(13)9-6-14-17(2)7-9/h6-8,11H,3-5,13H2,1-2H3. The van der Waals surface area contributed by atoms with Gasteiger partial charge in [0, 0.05) is 31.8 Å². The lowest BCUT2D eigenvalue weighted by molar-refractivity contribution is 0.400. The first-order valence-corrected chi connectivity index (χ1v) is 6.31. The first-order chi connectivity index (χ1) is 8.65. The van der Waals surface area contributed by atoms with Gasteiger partial charge in [-0.3, -0.25) is 4.68 Å². The first kappa shape index (κ1) is 11.4. The molecule has 6 heteroatoms. The summed E-state index contributed by atoms with van der Waals surface area (Å²) >= 11 is 0. The lowest BCUT2D eigenvalue weighted by atomic mass is 10.00. The monoisotopic (exact) mass is 246 g/mol. The molecule has 2 aromatic heterocycles. The number of aromatic nitrogens is 5. The van der Waals surface area contributed by atoms with Gasteiger partial charge < -0.3 is 10.3 Å². The van der Waals surface area contributed by atoms with Crippen molar-refractivity contribution >= 4 is 0 Å². The van der Waals surface area contributed by atoms with Gasteiger partial charge in [0.25, 0.3) is 0 Å². The molecule has 2 unspecified atom stereocenters. The van der Waals surface area contributed by atoms with Crippen LogP contribution in [0.25, 0.3) is 0 Å². The number of rotatable bonds is 2. The van der Waals surface area contributed by atoms with Crippen LogP contribution in [-0.2, 0) is 20.0 Å². The fourth-order valence-electron chi connectivity index (χ4n) is 2.49. The van der Waals surface area contributed by atoms with Crippen LogP contribution in [0.2, 0.25) is 0 Å². The molecule has 0 aromatic carbocycles. The van der Waals surface area contributed by atoms with E-state index in [9.17, 15) is 0 Å². The Balaban J connectivity index is 1.93. The fraction of sp³-hybridized carbons (Fsp3) is 0.583. The zero-order valence-electron chi connectivity index (χ0n) is 10.7. The molecule has 0 spiro atoms. The van der Waals surface area contributed by atoms with Crippen molar-refractivity contribution in [3.05, 3.63) is 29.6 Å². The molecule has 1 aliphatic rings. The molecular formula is C12H18N6. The summed E-state index contributed by atoms with van der Waals surface area (Å²) in [7, 11) is 1.89. The minimum atomic E-state index is -0.242. The van der Waals surface area contributed by atoms with E-state index in [2.05, 4.69) is 26.8 Å². The SMILES string of the molecule is CC1CCn2c(nnc2C(N)c2cnn(C)c2)C1. The van der Waals surface area contributed by atoms with Crippen molar-refractivity contribution in [2.45, 2.75) is 32.4 Å². The van der Waals surface area contributed by atoms with Crippen molar-refractivity contribution < 1.29 is 0 Å². The van der Waals surface area contributed by atoms with Crippen LogP contribution in [0.4, 0.5) is 0 Å². The third kappa shape index (κ3) is 1.82. The summed E-state index contributed by atoms with van der Waals surface area (Å²) in [4.78, 5) is 0. The van der Waals surface area contributed by atoms with E-state index in [1.165, 1.54) is 0 Å². The molecule has 0 fully saturated rings. The van der Waals surface area contributed by atoms with E-state index in [0.717, 1.165) is 36.6 Å². The molecule has 0 saturated carbocycles. The number of aryl methyl sites for hydroxylation is 1. The number of nitrogens with zero attached hydrogens (tertiary/aromatic N) is 5. The Morgan fingerprint density at radius 1 is 1.44 bits per heavy atom. The Labute approximate surface area is 106 Å². The summed E-state index contributed by atoms with van der Waals surface area (Å²) in [5.74, 6) is 2.59. The summed E-state index contributed by atoms with van der Waals surface area (Å²) in [6.45, 7) is 3.21. The predicted molar refractivity (Wildman–Crippen MR) is 66.7 cm³/mol. The molecule has 2 atom stereocenters. The van der Waals surface area contributed by atoms with E-state index in [-0.39, 0.29) is 6.04 Å². The van der Waals surface area contributed by atoms with Crippen LogP contribution in [0.1, 0.15) is 36.6 Å². The van der Waals surface area contributed by atoms with Crippen molar-refractivity contribution in [2.75, 3.05) is 0 Å². The average molecular weight is 246 g/mol. The Kier molecular flexibility index (Phi) is 2.66. The Hall–Kier alpha value is -1.69. The number of hydrogen-bond donors (Lipinski definition) is 1. The van der Waals surface area contributed by atoms with Crippen LogP contribution in [0.3, 0.4) is 0 Å². The van der Waals surface area contributed by atoms with Gasteiger partial charge in [-0.25, -0.2) is 0 Å². The maximum atomic E-state index is 6.26. The molecule has 18 heavy (non-hydrogen) atoms. The summed E-state index contributed by atoms with van der Waals surface area (Å²) in [6.07, 6.45) is 5.88. The average Bonchev–Trinajstić information content (AvgIpc) is 2.94. The Morgan fingerprint density at radius 3 is 3.00 bits per heavy atom. The van der Waals surface area contributed by atoms with Gasteiger partial charge >= 0.3 is 0 Å². The third-order valence-corrected chi connectivity index (χ3v) is 3.59. The molecule has 0 aliphatic carbocycles. The van der Waals surface area contributed by atoms with Gasteiger partial charge in [0.1, 0.15) is 5.82 Å². The second kappa shape index (κ2) is 4.20. The molecule has 0 amide bonds. The topological polar surface area (TPSA) is 74.6 Å². The quantitative estimate of drug-likeness (QED) is 0.844. The zero-order valence-corrected chi connectivity index (χ0v) is 10.7. The molecule has 3 heterocycles. The van der Waals surface area contributed by atoms with Crippen molar-refractivity contribution in [1.82, 2.24) is 24.5 Å². The maximum Gasteiger partial charge on any atom is 0.154 e. The van der Waals surface area contributed by atoms with Crippen molar-refractivity contribution in [1.29, 1.82) is 0 Å². The molecule has 2 aromatic rings. The van der Waals surface area contributed by atoms with Crippen molar-refractivity contribution in [2.24, 2.45) is 18.7 Å². The second-order valence-electron chi connectivity index (χ2n) is 5.15. The Bertz CT molecular complexity index is 555. The zero-order chi connectivity index (χ0) is 12.7. The second-order valence-corrected chi connectivity index (χ2v) is 5.15. The smallest absolute Gasteiger partial charge is 0.154 e. The molecule has 0 saturated heterocycles. The molecule has 0 bridgehead atoms. The first-order valence-electron chi connectivity index (χ1n) is 6.31. The molecule has 3 rings (SSSR count). The van der Waals surface area contributed by atoms with Gasteiger partial charge in [-0.05, 0) is 12.3 Å². The van der Waals surface area contributed by atoms with Crippen LogP contribution in [0.15, 0.2) is 12.4 Å². The predicted octanol–water partition coefficient (Wildman–Crippen LogP) is 0.642. The van der Waals surface area contributed by atoms with Crippen molar-refractivity contribution in [3.8, 4) is 0 Å². The van der Waals surface area contributed by atoms with Crippen molar-refractivity contribution in [3.63, 3.8) is 0 Å². The van der Waals surface area contributed by atoms with Gasteiger partial charge in [-0.15, -0.1) is 10.2 Å².